The van der Waals surface area contributed by atoms with Gasteiger partial charge in [0.25, 0.3) is 0 Å². The standard InChI is InChI=1S/C21H17N3O4/c25-19(14-3-1-4-16(11-14)24-10-2-5-20(24)26)13-28-21(27)15-6-7-17-18(12-15)23-9-8-22-17/h1,3-4,6-9,11-12H,2,5,10,13H2. The highest BCUT2D eigenvalue weighted by Crippen LogP contribution is 2.22. The van der Waals surface area contributed by atoms with E-state index in [1.165, 1.54) is 0 Å². The molecule has 2 aromatic carbocycles. The van der Waals surface area contributed by atoms with E-state index in [4.69, 9.17) is 4.74 Å². The summed E-state index contributed by atoms with van der Waals surface area (Å²) in [6.45, 7) is 0.269. The van der Waals surface area contributed by atoms with Crippen LogP contribution in [0.2, 0.25) is 0 Å². The summed E-state index contributed by atoms with van der Waals surface area (Å²) in [7, 11) is 0. The number of fused-ring (bicyclic) bond motifs is 1. The Morgan fingerprint density at radius 2 is 1.82 bits per heavy atom. The number of anilines is 1. The molecule has 0 unspecified atom stereocenters. The molecule has 0 atom stereocenters. The second kappa shape index (κ2) is 7.56. The van der Waals surface area contributed by atoms with E-state index in [9.17, 15) is 14.4 Å². The Morgan fingerprint density at radius 1 is 1.00 bits per heavy atom. The van der Waals surface area contributed by atoms with Crippen LogP contribution < -0.4 is 4.90 Å². The fraction of sp³-hybridized carbons (Fsp3) is 0.190. The number of esters is 1. The molecule has 7 nitrogen and oxygen atoms in total. The summed E-state index contributed by atoms with van der Waals surface area (Å²) in [5.41, 5.74) is 2.63. The van der Waals surface area contributed by atoms with E-state index >= 15 is 0 Å². The van der Waals surface area contributed by atoms with Gasteiger partial charge in [-0.05, 0) is 36.8 Å². The van der Waals surface area contributed by atoms with Crippen molar-refractivity contribution >= 4 is 34.4 Å². The third-order valence-electron chi connectivity index (χ3n) is 4.59. The molecule has 7 heteroatoms. The smallest absolute Gasteiger partial charge is 0.338 e. The zero-order valence-corrected chi connectivity index (χ0v) is 15.0. The third kappa shape index (κ3) is 3.59. The number of aromatic nitrogens is 2. The van der Waals surface area contributed by atoms with Gasteiger partial charge in [-0.15, -0.1) is 0 Å². The van der Waals surface area contributed by atoms with Crippen LogP contribution >= 0.6 is 0 Å². The van der Waals surface area contributed by atoms with Gasteiger partial charge in [0.15, 0.2) is 12.4 Å². The summed E-state index contributed by atoms with van der Waals surface area (Å²) in [4.78, 5) is 46.6. The maximum absolute atomic E-state index is 12.4. The van der Waals surface area contributed by atoms with Crippen molar-refractivity contribution in [1.82, 2.24) is 9.97 Å². The molecule has 0 saturated carbocycles. The first kappa shape index (κ1) is 17.8. The van der Waals surface area contributed by atoms with E-state index in [2.05, 4.69) is 9.97 Å². The number of ether oxygens (including phenoxy) is 1. The van der Waals surface area contributed by atoms with E-state index < -0.39 is 5.97 Å². The molecule has 0 N–H and O–H groups in total. The topological polar surface area (TPSA) is 89.5 Å². The molecule has 2 heterocycles. The average molecular weight is 375 g/mol. The Morgan fingerprint density at radius 3 is 2.61 bits per heavy atom. The van der Waals surface area contributed by atoms with Crippen molar-refractivity contribution < 1.29 is 19.1 Å². The molecule has 0 radical (unpaired) electrons. The van der Waals surface area contributed by atoms with Crippen LogP contribution in [0.15, 0.2) is 54.9 Å². The van der Waals surface area contributed by atoms with Gasteiger partial charge in [-0.25, -0.2) is 4.79 Å². The highest BCUT2D eigenvalue weighted by atomic mass is 16.5. The van der Waals surface area contributed by atoms with Gasteiger partial charge >= 0.3 is 5.97 Å². The lowest BCUT2D eigenvalue weighted by molar-refractivity contribution is -0.117. The molecule has 3 aromatic rings. The van der Waals surface area contributed by atoms with Crippen LogP contribution in [0.5, 0.6) is 0 Å². The third-order valence-corrected chi connectivity index (χ3v) is 4.59. The summed E-state index contributed by atoms with van der Waals surface area (Å²) in [6.07, 6.45) is 4.44. The summed E-state index contributed by atoms with van der Waals surface area (Å²) >= 11 is 0. The van der Waals surface area contributed by atoms with Crippen LogP contribution in [-0.4, -0.2) is 40.8 Å². The maximum Gasteiger partial charge on any atom is 0.338 e. The molecule has 1 aromatic heterocycles. The maximum atomic E-state index is 12.4. The van der Waals surface area contributed by atoms with Gasteiger partial charge in [0, 0.05) is 36.6 Å². The zero-order chi connectivity index (χ0) is 19.5. The molecule has 4 rings (SSSR count). The van der Waals surface area contributed by atoms with Gasteiger partial charge in [-0.1, -0.05) is 12.1 Å². The van der Waals surface area contributed by atoms with Gasteiger partial charge in [-0.3, -0.25) is 19.6 Å². The van der Waals surface area contributed by atoms with Gasteiger partial charge < -0.3 is 9.64 Å². The molecular formula is C21H17N3O4. The van der Waals surface area contributed by atoms with Gasteiger partial charge in [-0.2, -0.15) is 0 Å². The Balaban J connectivity index is 1.43. The lowest BCUT2D eigenvalue weighted by atomic mass is 10.1. The number of carbonyl (C=O) groups is 3. The van der Waals surface area contributed by atoms with Crippen molar-refractivity contribution in [2.45, 2.75) is 12.8 Å². The van der Waals surface area contributed by atoms with Crippen LogP contribution in [0.1, 0.15) is 33.6 Å². The second-order valence-electron chi connectivity index (χ2n) is 6.46. The minimum absolute atomic E-state index is 0.0513. The minimum atomic E-state index is -0.605. The van der Waals surface area contributed by atoms with E-state index in [0.717, 1.165) is 6.42 Å². The molecule has 1 aliphatic heterocycles. The van der Waals surface area contributed by atoms with E-state index in [1.54, 1.807) is 59.8 Å². The van der Waals surface area contributed by atoms with Crippen LogP contribution in [0, 0.1) is 0 Å². The van der Waals surface area contributed by atoms with Crippen molar-refractivity contribution in [2.24, 2.45) is 0 Å². The molecule has 0 aliphatic carbocycles. The predicted molar refractivity (Wildman–Crippen MR) is 102 cm³/mol. The molecular weight excluding hydrogens is 358 g/mol. The van der Waals surface area contributed by atoms with Crippen LogP contribution in [0.4, 0.5) is 5.69 Å². The number of hydrogen-bond acceptors (Lipinski definition) is 6. The first-order chi connectivity index (χ1) is 13.6. The highest BCUT2D eigenvalue weighted by Gasteiger charge is 2.22. The van der Waals surface area contributed by atoms with E-state index in [0.29, 0.717) is 40.8 Å². The van der Waals surface area contributed by atoms with Gasteiger partial charge in [0.1, 0.15) is 0 Å². The van der Waals surface area contributed by atoms with Crippen LogP contribution in [-0.2, 0) is 9.53 Å². The molecule has 1 aliphatic rings. The number of Topliss-reactive ketones (excluding diaryl/α,β-unsaturated/α-hetero) is 1. The van der Waals surface area contributed by atoms with E-state index in [1.807, 2.05) is 0 Å². The van der Waals surface area contributed by atoms with Gasteiger partial charge in [0.2, 0.25) is 5.91 Å². The Labute approximate surface area is 161 Å². The number of hydrogen-bond donors (Lipinski definition) is 0. The monoisotopic (exact) mass is 375 g/mol. The number of amides is 1. The first-order valence-corrected chi connectivity index (χ1v) is 8.93. The molecule has 0 bridgehead atoms. The Bertz CT molecular complexity index is 1080. The second-order valence-corrected chi connectivity index (χ2v) is 6.46. The molecule has 1 amide bonds. The van der Waals surface area contributed by atoms with Crippen molar-refractivity contribution in [3.05, 3.63) is 66.0 Å². The summed E-state index contributed by atoms with van der Waals surface area (Å²) < 4.78 is 5.16. The Kier molecular flexibility index (Phi) is 4.80. The largest absolute Gasteiger partial charge is 0.454 e. The van der Waals surface area contributed by atoms with Crippen molar-refractivity contribution in [3.8, 4) is 0 Å². The van der Waals surface area contributed by atoms with Crippen molar-refractivity contribution in [3.63, 3.8) is 0 Å². The number of ketones is 1. The number of carbonyl (C=O) groups excluding carboxylic acids is 3. The Hall–Kier alpha value is -3.61. The SMILES string of the molecule is O=C(COC(=O)c1ccc2nccnc2c1)c1cccc(N2CCCC2=O)c1. The minimum Gasteiger partial charge on any atom is -0.454 e. The van der Waals surface area contributed by atoms with Crippen molar-refractivity contribution in [1.29, 1.82) is 0 Å². The van der Waals surface area contributed by atoms with Crippen LogP contribution in [0.25, 0.3) is 11.0 Å². The predicted octanol–water partition coefficient (Wildman–Crippen LogP) is 2.80. The average Bonchev–Trinajstić information content (AvgIpc) is 3.17. The lowest BCUT2D eigenvalue weighted by Gasteiger charge is -2.16. The highest BCUT2D eigenvalue weighted by molar-refractivity contribution is 6.02. The van der Waals surface area contributed by atoms with Gasteiger partial charge in [0.05, 0.1) is 16.6 Å². The molecule has 0 spiro atoms. The van der Waals surface area contributed by atoms with Crippen LogP contribution in [0.3, 0.4) is 0 Å². The first-order valence-electron chi connectivity index (χ1n) is 8.93. The van der Waals surface area contributed by atoms with E-state index in [-0.39, 0.29) is 18.3 Å². The quantitative estimate of drug-likeness (QED) is 0.503. The molecule has 1 fully saturated rings. The fourth-order valence-electron chi connectivity index (χ4n) is 3.16. The normalized spacial score (nSPS) is 13.7. The number of nitrogens with zero attached hydrogens (tertiary/aromatic N) is 3. The van der Waals surface area contributed by atoms with Crippen molar-refractivity contribution in [2.75, 3.05) is 18.1 Å². The summed E-state index contributed by atoms with van der Waals surface area (Å²) in [6, 6.07) is 11.7. The molecule has 28 heavy (non-hydrogen) atoms. The number of benzene rings is 2. The fourth-order valence-corrected chi connectivity index (χ4v) is 3.16. The lowest BCUT2D eigenvalue weighted by Crippen LogP contribution is -2.24. The zero-order valence-electron chi connectivity index (χ0n) is 15.0. The molecule has 1 saturated heterocycles. The number of rotatable bonds is 5. The molecule has 140 valence electrons. The summed E-state index contributed by atoms with van der Waals surface area (Å²) in [5, 5.41) is 0. The summed E-state index contributed by atoms with van der Waals surface area (Å²) in [5.74, 6) is -0.885.